The van der Waals surface area contributed by atoms with Crippen LogP contribution in [0.1, 0.15) is 19.4 Å². The minimum Gasteiger partial charge on any atom is -0.449 e. The van der Waals surface area contributed by atoms with Gasteiger partial charge in [-0.15, -0.1) is 12.4 Å². The maximum atomic E-state index is 5.49. The predicted molar refractivity (Wildman–Crippen MR) is 68.2 cm³/mol. The van der Waals surface area contributed by atoms with Gasteiger partial charge in [0, 0.05) is 0 Å². The van der Waals surface area contributed by atoms with Crippen molar-refractivity contribution < 1.29 is 9.05 Å². The van der Waals surface area contributed by atoms with Crippen LogP contribution in [0.15, 0.2) is 24.3 Å². The minimum absolute atomic E-state index is 0. The summed E-state index contributed by atoms with van der Waals surface area (Å²) in [6.45, 7) is 7.03. The summed E-state index contributed by atoms with van der Waals surface area (Å²) in [5.74, 6) is 1.47. The Bertz CT molecular complexity index is 279. The quantitative estimate of drug-likeness (QED) is 0.580. The molecule has 86 valence electrons. The van der Waals surface area contributed by atoms with Crippen LogP contribution in [0, 0.1) is 12.8 Å². The molecule has 15 heavy (non-hydrogen) atoms. The molecule has 4 heteroatoms. The van der Waals surface area contributed by atoms with Crippen LogP contribution >= 0.6 is 21.4 Å². The predicted octanol–water partition coefficient (Wildman–Crippen LogP) is 3.98. The summed E-state index contributed by atoms with van der Waals surface area (Å²) in [5, 5.41) is 0. The molecule has 2 nitrogen and oxygen atoms in total. The zero-order valence-electron chi connectivity index (χ0n) is 9.32. The first kappa shape index (κ1) is 14.7. The van der Waals surface area contributed by atoms with Crippen LogP contribution in [-0.4, -0.2) is 6.61 Å². The summed E-state index contributed by atoms with van der Waals surface area (Å²) in [6.07, 6.45) is 0. The molecule has 0 fully saturated rings. The van der Waals surface area contributed by atoms with Crippen molar-refractivity contribution in [1.29, 1.82) is 0 Å². The molecule has 1 unspecified atom stereocenters. The van der Waals surface area contributed by atoms with E-state index in [1.54, 1.807) is 0 Å². The van der Waals surface area contributed by atoms with E-state index >= 15 is 0 Å². The highest BCUT2D eigenvalue weighted by atomic mass is 35.5. The fourth-order valence-electron chi connectivity index (χ4n) is 0.946. The number of hydrogen-bond donors (Lipinski definition) is 0. The Balaban J connectivity index is 0.00000196. The number of rotatable bonds is 5. The number of aryl methyl sites for hydroxylation is 1. The fraction of sp³-hybridized carbons (Fsp3) is 0.455. The van der Waals surface area contributed by atoms with Gasteiger partial charge in [0.25, 0.3) is 0 Å². The van der Waals surface area contributed by atoms with E-state index < -0.39 is 0 Å². The average Bonchev–Trinajstić information content (AvgIpc) is 2.15. The summed E-state index contributed by atoms with van der Waals surface area (Å²) >= 11 is 0. The highest BCUT2D eigenvalue weighted by molar-refractivity contribution is 7.26. The monoisotopic (exact) mass is 248 g/mol. The van der Waals surface area contributed by atoms with E-state index in [4.69, 9.17) is 9.05 Å². The first-order valence-electron chi connectivity index (χ1n) is 4.79. The Hall–Kier alpha value is -0.300. The molecule has 0 aliphatic rings. The molecule has 0 N–H and O–H groups in total. The smallest absolute Gasteiger partial charge is 0.215 e. The zero-order valence-corrected chi connectivity index (χ0v) is 11.1. The van der Waals surface area contributed by atoms with Gasteiger partial charge in [-0.3, -0.25) is 0 Å². The molecule has 0 spiro atoms. The third-order valence-electron chi connectivity index (χ3n) is 1.72. The first-order valence-corrected chi connectivity index (χ1v) is 5.61. The second-order valence-corrected chi connectivity index (χ2v) is 4.32. The molecular weight excluding hydrogens is 231 g/mol. The Morgan fingerprint density at radius 3 is 2.53 bits per heavy atom. The Morgan fingerprint density at radius 2 is 1.93 bits per heavy atom. The minimum atomic E-state index is 0. The first-order chi connectivity index (χ1) is 6.70. The van der Waals surface area contributed by atoms with Crippen molar-refractivity contribution in [2.75, 3.05) is 6.61 Å². The largest absolute Gasteiger partial charge is 0.449 e. The van der Waals surface area contributed by atoms with Crippen molar-refractivity contribution in [2.45, 2.75) is 20.8 Å². The Morgan fingerprint density at radius 1 is 1.27 bits per heavy atom. The van der Waals surface area contributed by atoms with E-state index in [9.17, 15) is 0 Å². The van der Waals surface area contributed by atoms with E-state index in [2.05, 4.69) is 13.8 Å². The van der Waals surface area contributed by atoms with Crippen LogP contribution in [0.25, 0.3) is 0 Å². The van der Waals surface area contributed by atoms with Crippen molar-refractivity contribution in [3.05, 3.63) is 29.8 Å². The van der Waals surface area contributed by atoms with E-state index in [-0.39, 0.29) is 21.4 Å². The van der Waals surface area contributed by atoms with Gasteiger partial charge in [-0.25, -0.2) is 0 Å². The molecule has 0 saturated heterocycles. The van der Waals surface area contributed by atoms with Gasteiger partial charge in [-0.05, 0) is 24.5 Å². The highest BCUT2D eigenvalue weighted by Gasteiger charge is 1.98. The molecule has 0 heterocycles. The molecule has 0 bridgehead atoms. The van der Waals surface area contributed by atoms with Gasteiger partial charge in [0.15, 0.2) is 0 Å². The Kier molecular flexibility index (Phi) is 7.76. The van der Waals surface area contributed by atoms with Crippen LogP contribution in [-0.2, 0) is 4.52 Å². The van der Waals surface area contributed by atoms with Crippen molar-refractivity contribution in [2.24, 2.45) is 5.92 Å². The van der Waals surface area contributed by atoms with Gasteiger partial charge in [-0.2, -0.15) is 0 Å². The van der Waals surface area contributed by atoms with Gasteiger partial charge < -0.3 is 9.05 Å². The van der Waals surface area contributed by atoms with E-state index in [1.807, 2.05) is 31.2 Å². The summed E-state index contributed by atoms with van der Waals surface area (Å²) in [5.41, 5.74) is 1.15. The zero-order chi connectivity index (χ0) is 10.4. The lowest BCUT2D eigenvalue weighted by Gasteiger charge is -2.09. The highest BCUT2D eigenvalue weighted by Crippen LogP contribution is 2.25. The van der Waals surface area contributed by atoms with E-state index in [0.29, 0.717) is 5.92 Å². The van der Waals surface area contributed by atoms with E-state index in [1.165, 1.54) is 0 Å². The van der Waals surface area contributed by atoms with E-state index in [0.717, 1.165) is 17.9 Å². The maximum absolute atomic E-state index is 5.49. The standard InChI is InChI=1S/C11H17O2P.ClH/c1-9(2)8-12-14-13-11-7-5-4-6-10(11)3;/h4-7,9,14H,8H2,1-3H3;1H. The van der Waals surface area contributed by atoms with Gasteiger partial charge in [0.1, 0.15) is 5.75 Å². The van der Waals surface area contributed by atoms with Crippen LogP contribution in [0.3, 0.4) is 0 Å². The topological polar surface area (TPSA) is 18.5 Å². The molecule has 0 saturated carbocycles. The van der Waals surface area contributed by atoms with Crippen molar-refractivity contribution >= 4 is 21.4 Å². The van der Waals surface area contributed by atoms with Crippen LogP contribution < -0.4 is 4.52 Å². The lowest BCUT2D eigenvalue weighted by molar-refractivity contribution is 0.283. The van der Waals surface area contributed by atoms with Crippen molar-refractivity contribution in [3.63, 3.8) is 0 Å². The summed E-state index contributed by atoms with van der Waals surface area (Å²) in [7, 11) is 0.0988. The molecule has 0 amide bonds. The number of para-hydroxylation sites is 1. The summed E-state index contributed by atoms with van der Waals surface area (Å²) in [4.78, 5) is 0. The molecule has 0 radical (unpaired) electrons. The number of hydrogen-bond acceptors (Lipinski definition) is 2. The fourth-order valence-corrected chi connectivity index (χ4v) is 1.73. The lowest BCUT2D eigenvalue weighted by Crippen LogP contribution is -1.96. The molecule has 0 aliphatic carbocycles. The summed E-state index contributed by atoms with van der Waals surface area (Å²) in [6, 6.07) is 7.96. The van der Waals surface area contributed by atoms with Crippen LogP contribution in [0.4, 0.5) is 0 Å². The second-order valence-electron chi connectivity index (χ2n) is 3.66. The molecule has 1 rings (SSSR count). The average molecular weight is 249 g/mol. The molecule has 1 aromatic carbocycles. The SMILES string of the molecule is Cc1ccccc1OPOCC(C)C.Cl. The van der Waals surface area contributed by atoms with Gasteiger partial charge >= 0.3 is 0 Å². The van der Waals surface area contributed by atoms with Gasteiger partial charge in [0.05, 0.1) is 6.61 Å². The molecule has 0 aliphatic heterocycles. The molecular formula is C11H18ClO2P. The van der Waals surface area contributed by atoms with Gasteiger partial charge in [-0.1, -0.05) is 32.0 Å². The lowest BCUT2D eigenvalue weighted by atomic mass is 10.2. The van der Waals surface area contributed by atoms with Crippen molar-refractivity contribution in [1.82, 2.24) is 0 Å². The molecule has 0 aromatic heterocycles. The number of benzene rings is 1. The van der Waals surface area contributed by atoms with Crippen LogP contribution in [0.5, 0.6) is 5.75 Å². The van der Waals surface area contributed by atoms with Gasteiger partial charge in [0.2, 0.25) is 9.03 Å². The Labute approximate surface area is 99.7 Å². The second kappa shape index (κ2) is 7.92. The third-order valence-corrected chi connectivity index (χ3v) is 2.31. The molecule has 1 atom stereocenters. The third kappa shape index (κ3) is 5.99. The maximum Gasteiger partial charge on any atom is 0.215 e. The number of halogens is 1. The summed E-state index contributed by atoms with van der Waals surface area (Å²) < 4.78 is 10.9. The molecule has 1 aromatic rings. The normalized spacial score (nSPS) is 10.7. The van der Waals surface area contributed by atoms with Crippen LogP contribution in [0.2, 0.25) is 0 Å². The van der Waals surface area contributed by atoms with Crippen molar-refractivity contribution in [3.8, 4) is 5.75 Å².